The second-order valence-electron chi connectivity index (χ2n) is 4.21. The van der Waals surface area contributed by atoms with E-state index in [1.807, 2.05) is 4.90 Å². The van der Waals surface area contributed by atoms with E-state index in [1.165, 1.54) is 6.07 Å². The van der Waals surface area contributed by atoms with Gasteiger partial charge in [-0.1, -0.05) is 11.6 Å². The van der Waals surface area contributed by atoms with Crippen LogP contribution in [0.5, 0.6) is 0 Å². The molecule has 1 saturated heterocycles. The number of aliphatic hydroxyl groups excluding tert-OH is 1. The van der Waals surface area contributed by atoms with Gasteiger partial charge in [-0.15, -0.1) is 0 Å². The molecule has 0 amide bonds. The molecule has 1 aliphatic heterocycles. The second-order valence-corrected chi connectivity index (χ2v) is 4.64. The zero-order valence-electron chi connectivity index (χ0n) is 9.17. The van der Waals surface area contributed by atoms with E-state index in [2.05, 4.69) is 0 Å². The Labute approximate surface area is 104 Å². The van der Waals surface area contributed by atoms with E-state index in [4.69, 9.17) is 11.6 Å². The van der Waals surface area contributed by atoms with Crippen LogP contribution in [0.4, 0.5) is 5.69 Å². The van der Waals surface area contributed by atoms with Gasteiger partial charge >= 0.3 is 0 Å². The van der Waals surface area contributed by atoms with Crippen molar-refractivity contribution in [3.05, 3.63) is 38.9 Å². The molecule has 0 aromatic heterocycles. The number of β-amino-alcohol motifs (C(OH)–C–C–N with tert-alkyl or cyclic N) is 1. The maximum Gasteiger partial charge on any atom is 0.275 e. The monoisotopic (exact) mass is 256 g/mol. The minimum atomic E-state index is -0.423. The Bertz CT molecular complexity index is 439. The predicted molar refractivity (Wildman–Crippen MR) is 64.0 cm³/mol. The summed E-state index contributed by atoms with van der Waals surface area (Å²) in [7, 11) is 0. The maximum atomic E-state index is 10.9. The van der Waals surface area contributed by atoms with E-state index in [0.29, 0.717) is 23.7 Å². The summed E-state index contributed by atoms with van der Waals surface area (Å²) in [6.45, 7) is 1.81. The summed E-state index contributed by atoms with van der Waals surface area (Å²) < 4.78 is 0. The van der Waals surface area contributed by atoms with Crippen LogP contribution in [0.1, 0.15) is 12.0 Å². The smallest absolute Gasteiger partial charge is 0.275 e. The minimum absolute atomic E-state index is 0.0406. The molecule has 5 nitrogen and oxygen atoms in total. The molecule has 1 aromatic rings. The minimum Gasteiger partial charge on any atom is -0.392 e. The van der Waals surface area contributed by atoms with Crippen molar-refractivity contribution < 1.29 is 10.0 Å². The molecule has 0 radical (unpaired) electrons. The van der Waals surface area contributed by atoms with Gasteiger partial charge in [0.1, 0.15) is 0 Å². The summed E-state index contributed by atoms with van der Waals surface area (Å²) in [5.41, 5.74) is 0.674. The van der Waals surface area contributed by atoms with Crippen LogP contribution in [0.15, 0.2) is 18.2 Å². The van der Waals surface area contributed by atoms with Crippen molar-refractivity contribution in [2.24, 2.45) is 0 Å². The third kappa shape index (κ3) is 2.94. The van der Waals surface area contributed by atoms with Crippen molar-refractivity contribution in [2.75, 3.05) is 13.1 Å². The van der Waals surface area contributed by atoms with E-state index >= 15 is 0 Å². The number of benzene rings is 1. The molecule has 1 fully saturated rings. The average Bonchev–Trinajstić information content (AvgIpc) is 2.66. The van der Waals surface area contributed by atoms with Gasteiger partial charge in [0.25, 0.3) is 5.69 Å². The van der Waals surface area contributed by atoms with Crippen molar-refractivity contribution in [1.82, 2.24) is 4.90 Å². The van der Waals surface area contributed by atoms with Crippen molar-refractivity contribution in [3.63, 3.8) is 0 Å². The van der Waals surface area contributed by atoms with E-state index in [-0.39, 0.29) is 11.8 Å². The predicted octanol–water partition coefficient (Wildman–Crippen LogP) is 1.81. The first kappa shape index (κ1) is 12.3. The largest absolute Gasteiger partial charge is 0.392 e. The summed E-state index contributed by atoms with van der Waals surface area (Å²) >= 11 is 5.74. The fraction of sp³-hybridized carbons (Fsp3) is 0.455. The highest BCUT2D eigenvalue weighted by molar-refractivity contribution is 6.30. The first-order valence-electron chi connectivity index (χ1n) is 5.39. The van der Waals surface area contributed by atoms with Crippen LogP contribution in [0.25, 0.3) is 0 Å². The zero-order chi connectivity index (χ0) is 12.4. The summed E-state index contributed by atoms with van der Waals surface area (Å²) in [4.78, 5) is 12.5. The Kier molecular flexibility index (Phi) is 3.61. The van der Waals surface area contributed by atoms with Crippen molar-refractivity contribution >= 4 is 17.3 Å². The average molecular weight is 257 g/mol. The molecule has 2 rings (SSSR count). The number of aliphatic hydroxyl groups is 1. The molecular weight excluding hydrogens is 244 g/mol. The highest BCUT2D eigenvalue weighted by Crippen LogP contribution is 2.25. The lowest BCUT2D eigenvalue weighted by atomic mass is 10.1. The number of nitro benzene ring substituents is 1. The number of hydrogen-bond acceptors (Lipinski definition) is 4. The van der Waals surface area contributed by atoms with Crippen molar-refractivity contribution in [1.29, 1.82) is 0 Å². The van der Waals surface area contributed by atoms with Gasteiger partial charge < -0.3 is 5.11 Å². The van der Waals surface area contributed by atoms with Gasteiger partial charge in [0.05, 0.1) is 11.0 Å². The Morgan fingerprint density at radius 3 is 2.94 bits per heavy atom. The molecule has 1 unspecified atom stereocenters. The topological polar surface area (TPSA) is 66.6 Å². The van der Waals surface area contributed by atoms with Gasteiger partial charge in [-0.3, -0.25) is 15.0 Å². The summed E-state index contributed by atoms with van der Waals surface area (Å²) in [5.74, 6) is 0. The first-order chi connectivity index (χ1) is 8.06. The molecule has 1 aromatic carbocycles. The summed E-state index contributed by atoms with van der Waals surface area (Å²) in [6, 6.07) is 4.69. The Balaban J connectivity index is 2.17. The van der Waals surface area contributed by atoms with Gasteiger partial charge in [-0.25, -0.2) is 0 Å². The second kappa shape index (κ2) is 5.00. The van der Waals surface area contributed by atoms with E-state index < -0.39 is 4.92 Å². The normalized spacial score (nSPS) is 20.7. The van der Waals surface area contributed by atoms with Gasteiger partial charge in [-0.05, 0) is 18.6 Å². The van der Waals surface area contributed by atoms with E-state index in [0.717, 1.165) is 13.0 Å². The van der Waals surface area contributed by atoms with Crippen LogP contribution in [0, 0.1) is 10.1 Å². The number of likely N-dealkylation sites (tertiary alicyclic amines) is 1. The van der Waals surface area contributed by atoms with Gasteiger partial charge in [0, 0.05) is 36.3 Å². The lowest BCUT2D eigenvalue weighted by Crippen LogP contribution is -2.21. The van der Waals surface area contributed by atoms with Crippen LogP contribution in [0.3, 0.4) is 0 Å². The quantitative estimate of drug-likeness (QED) is 0.662. The molecule has 17 heavy (non-hydrogen) atoms. The Morgan fingerprint density at radius 1 is 1.59 bits per heavy atom. The highest BCUT2D eigenvalue weighted by atomic mass is 35.5. The Hall–Kier alpha value is -1.17. The standard InChI is InChI=1S/C11H13ClN2O3/c12-9-2-1-8(11(5-9)14(16)17)6-13-4-3-10(15)7-13/h1-2,5,10,15H,3-4,6-7H2. The Morgan fingerprint density at radius 2 is 2.35 bits per heavy atom. The number of halogens is 1. The number of nitro groups is 1. The molecule has 1 atom stereocenters. The molecule has 0 aliphatic carbocycles. The molecule has 92 valence electrons. The fourth-order valence-electron chi connectivity index (χ4n) is 2.04. The lowest BCUT2D eigenvalue weighted by molar-refractivity contribution is -0.385. The lowest BCUT2D eigenvalue weighted by Gasteiger charge is -2.14. The van der Waals surface area contributed by atoms with Crippen LogP contribution in [-0.4, -0.2) is 34.1 Å². The summed E-state index contributed by atoms with van der Waals surface area (Å²) in [6.07, 6.45) is 0.405. The molecule has 0 spiro atoms. The van der Waals surface area contributed by atoms with Crippen LogP contribution in [0.2, 0.25) is 5.02 Å². The highest BCUT2D eigenvalue weighted by Gasteiger charge is 2.23. The first-order valence-corrected chi connectivity index (χ1v) is 5.77. The van der Waals surface area contributed by atoms with Crippen LogP contribution in [-0.2, 0) is 6.54 Å². The third-order valence-corrected chi connectivity index (χ3v) is 3.12. The number of rotatable bonds is 3. The van der Waals surface area contributed by atoms with E-state index in [1.54, 1.807) is 12.1 Å². The number of nitrogens with zero attached hydrogens (tertiary/aromatic N) is 2. The van der Waals surface area contributed by atoms with Crippen molar-refractivity contribution in [2.45, 2.75) is 19.1 Å². The molecule has 6 heteroatoms. The van der Waals surface area contributed by atoms with Gasteiger partial charge in [0.15, 0.2) is 0 Å². The fourth-order valence-corrected chi connectivity index (χ4v) is 2.20. The maximum absolute atomic E-state index is 10.9. The molecule has 0 saturated carbocycles. The summed E-state index contributed by atoms with van der Waals surface area (Å²) in [5, 5.41) is 20.7. The molecule has 1 heterocycles. The molecule has 1 aliphatic rings. The molecule has 1 N–H and O–H groups in total. The number of hydrogen-bond donors (Lipinski definition) is 1. The molecular formula is C11H13ClN2O3. The van der Waals surface area contributed by atoms with Crippen molar-refractivity contribution in [3.8, 4) is 0 Å². The SMILES string of the molecule is O=[N+]([O-])c1cc(Cl)ccc1CN1CCC(O)C1. The van der Waals surface area contributed by atoms with Gasteiger partial charge in [-0.2, -0.15) is 0 Å². The van der Waals surface area contributed by atoms with Crippen LogP contribution >= 0.6 is 11.6 Å². The molecule has 0 bridgehead atoms. The van der Waals surface area contributed by atoms with Crippen LogP contribution < -0.4 is 0 Å². The van der Waals surface area contributed by atoms with E-state index in [9.17, 15) is 15.2 Å². The zero-order valence-corrected chi connectivity index (χ0v) is 9.93. The third-order valence-electron chi connectivity index (χ3n) is 2.89. The van der Waals surface area contributed by atoms with Gasteiger partial charge in [0.2, 0.25) is 0 Å².